The molecule has 0 unspecified atom stereocenters. The van der Waals surface area contributed by atoms with Crippen LogP contribution in [0.4, 0.5) is 5.69 Å². The van der Waals surface area contributed by atoms with Gasteiger partial charge in [-0.15, -0.1) is 12.6 Å². The van der Waals surface area contributed by atoms with Gasteiger partial charge in [-0.2, -0.15) is 0 Å². The molecule has 11 heavy (non-hydrogen) atoms. The molecule has 0 aliphatic heterocycles. The van der Waals surface area contributed by atoms with E-state index in [-0.39, 0.29) is 0 Å². The van der Waals surface area contributed by atoms with Crippen LogP contribution in [0.3, 0.4) is 0 Å². The van der Waals surface area contributed by atoms with Gasteiger partial charge in [0, 0.05) is 17.1 Å². The van der Waals surface area contributed by atoms with E-state index in [1.54, 1.807) is 12.4 Å². The molecule has 1 aromatic rings. The maximum Gasteiger partial charge on any atom is 0.0539 e. The summed E-state index contributed by atoms with van der Waals surface area (Å²) in [5.41, 5.74) is 1.02. The van der Waals surface area contributed by atoms with Crippen LogP contribution in [0.2, 0.25) is 0 Å². The van der Waals surface area contributed by atoms with E-state index < -0.39 is 0 Å². The summed E-state index contributed by atoms with van der Waals surface area (Å²) in [5.74, 6) is 0. The number of rotatable bonds is 2. The lowest BCUT2D eigenvalue weighted by atomic mass is 10.3. The molecule has 0 spiro atoms. The smallest absolute Gasteiger partial charge is 0.0539 e. The predicted molar refractivity (Wildman–Crippen MR) is 50.2 cm³/mol. The van der Waals surface area contributed by atoms with E-state index in [1.165, 1.54) is 0 Å². The van der Waals surface area contributed by atoms with Gasteiger partial charge in [0.2, 0.25) is 0 Å². The molecular weight excluding hydrogens is 156 g/mol. The molecule has 0 aliphatic carbocycles. The Balaban J connectivity index is 2.71. The second kappa shape index (κ2) is 3.62. The molecule has 60 valence electrons. The summed E-state index contributed by atoms with van der Waals surface area (Å²) >= 11 is 4.17. The van der Waals surface area contributed by atoms with Crippen LogP contribution in [-0.4, -0.2) is 11.0 Å². The van der Waals surface area contributed by atoms with Gasteiger partial charge in [0.1, 0.15) is 0 Å². The number of thiol groups is 1. The lowest BCUT2D eigenvalue weighted by Gasteiger charge is -2.08. The van der Waals surface area contributed by atoms with Crippen molar-refractivity contribution >= 4 is 18.3 Å². The summed E-state index contributed by atoms with van der Waals surface area (Å²) in [6.07, 6.45) is 3.51. The van der Waals surface area contributed by atoms with E-state index >= 15 is 0 Å². The third kappa shape index (κ3) is 2.80. The molecule has 3 heteroatoms. The predicted octanol–water partition coefficient (Wildman–Crippen LogP) is 2.19. The zero-order valence-electron chi connectivity index (χ0n) is 6.70. The normalized spacial score (nSPS) is 10.2. The van der Waals surface area contributed by atoms with Crippen LogP contribution < -0.4 is 5.32 Å². The molecule has 0 fully saturated rings. The number of hydrogen-bond donors (Lipinski definition) is 2. The molecule has 1 N–H and O–H groups in total. The zero-order chi connectivity index (χ0) is 8.27. The zero-order valence-corrected chi connectivity index (χ0v) is 7.60. The van der Waals surface area contributed by atoms with Crippen LogP contribution in [0, 0.1) is 0 Å². The summed E-state index contributed by atoms with van der Waals surface area (Å²) < 4.78 is 0. The highest BCUT2D eigenvalue weighted by Gasteiger charge is 1.94. The number of pyridine rings is 1. The first-order valence-corrected chi connectivity index (χ1v) is 4.04. The first kappa shape index (κ1) is 8.40. The summed E-state index contributed by atoms with van der Waals surface area (Å²) in [5, 5.41) is 3.23. The van der Waals surface area contributed by atoms with Crippen molar-refractivity contribution in [2.75, 3.05) is 5.32 Å². The van der Waals surface area contributed by atoms with Crippen LogP contribution in [0.1, 0.15) is 13.8 Å². The SMILES string of the molecule is CC(C)Nc1cncc(S)c1. The fraction of sp³-hybridized carbons (Fsp3) is 0.375. The largest absolute Gasteiger partial charge is 0.382 e. The summed E-state index contributed by atoms with van der Waals surface area (Å²) in [6.45, 7) is 4.18. The standard InChI is InChI=1S/C8H12N2S/c1-6(2)10-7-3-8(11)5-9-4-7/h3-6,10-11H,1-2H3. The van der Waals surface area contributed by atoms with Crippen molar-refractivity contribution in [2.45, 2.75) is 24.8 Å². The molecule has 1 heterocycles. The van der Waals surface area contributed by atoms with E-state index in [0.29, 0.717) is 6.04 Å². The molecule has 0 saturated heterocycles. The minimum atomic E-state index is 0.437. The number of hydrogen-bond acceptors (Lipinski definition) is 3. The Morgan fingerprint density at radius 3 is 2.73 bits per heavy atom. The van der Waals surface area contributed by atoms with Crippen molar-refractivity contribution in [1.29, 1.82) is 0 Å². The average Bonchev–Trinajstić information content (AvgIpc) is 1.85. The molecule has 1 rings (SSSR count). The molecule has 0 bridgehead atoms. The Labute approximate surface area is 72.5 Å². The molecule has 0 aliphatic rings. The second-order valence-corrected chi connectivity index (χ2v) is 3.25. The third-order valence-corrected chi connectivity index (χ3v) is 1.42. The van der Waals surface area contributed by atoms with Gasteiger partial charge in [0.15, 0.2) is 0 Å². The number of nitrogens with zero attached hydrogens (tertiary/aromatic N) is 1. The minimum absolute atomic E-state index is 0.437. The second-order valence-electron chi connectivity index (χ2n) is 2.73. The van der Waals surface area contributed by atoms with Crippen LogP contribution >= 0.6 is 12.6 Å². The van der Waals surface area contributed by atoms with E-state index in [2.05, 4.69) is 36.8 Å². The number of anilines is 1. The van der Waals surface area contributed by atoms with Gasteiger partial charge in [-0.05, 0) is 19.9 Å². The lowest BCUT2D eigenvalue weighted by molar-refractivity contribution is 0.896. The molecule has 0 amide bonds. The van der Waals surface area contributed by atoms with Crippen molar-refractivity contribution in [3.63, 3.8) is 0 Å². The maximum atomic E-state index is 4.17. The van der Waals surface area contributed by atoms with E-state index in [1.807, 2.05) is 6.07 Å². The molecule has 0 saturated carbocycles. The van der Waals surface area contributed by atoms with Crippen LogP contribution in [0.5, 0.6) is 0 Å². The van der Waals surface area contributed by atoms with Gasteiger partial charge in [-0.3, -0.25) is 4.98 Å². The summed E-state index contributed by atoms with van der Waals surface area (Å²) in [4.78, 5) is 4.88. The quantitative estimate of drug-likeness (QED) is 0.662. The Morgan fingerprint density at radius 1 is 1.45 bits per heavy atom. The third-order valence-electron chi connectivity index (χ3n) is 1.18. The lowest BCUT2D eigenvalue weighted by Crippen LogP contribution is -2.09. The molecule has 1 aromatic heterocycles. The number of aromatic nitrogens is 1. The van der Waals surface area contributed by atoms with E-state index in [0.717, 1.165) is 10.6 Å². The van der Waals surface area contributed by atoms with Gasteiger partial charge in [0.05, 0.1) is 11.9 Å². The molecule has 0 radical (unpaired) electrons. The van der Waals surface area contributed by atoms with Crippen LogP contribution in [0.15, 0.2) is 23.4 Å². The Morgan fingerprint density at radius 2 is 2.18 bits per heavy atom. The van der Waals surface area contributed by atoms with Gasteiger partial charge < -0.3 is 5.32 Å². The van der Waals surface area contributed by atoms with E-state index in [9.17, 15) is 0 Å². The highest BCUT2D eigenvalue weighted by atomic mass is 32.1. The fourth-order valence-electron chi connectivity index (χ4n) is 0.840. The van der Waals surface area contributed by atoms with Crippen LogP contribution in [0.25, 0.3) is 0 Å². The van der Waals surface area contributed by atoms with Crippen molar-refractivity contribution in [3.8, 4) is 0 Å². The number of nitrogens with one attached hydrogen (secondary N) is 1. The van der Waals surface area contributed by atoms with Gasteiger partial charge >= 0.3 is 0 Å². The van der Waals surface area contributed by atoms with Crippen molar-refractivity contribution < 1.29 is 0 Å². The molecule has 2 nitrogen and oxygen atoms in total. The first-order valence-electron chi connectivity index (χ1n) is 3.59. The highest BCUT2D eigenvalue weighted by molar-refractivity contribution is 7.80. The average molecular weight is 168 g/mol. The summed E-state index contributed by atoms with van der Waals surface area (Å²) in [6, 6.07) is 2.39. The van der Waals surface area contributed by atoms with Crippen molar-refractivity contribution in [3.05, 3.63) is 18.5 Å². The topological polar surface area (TPSA) is 24.9 Å². The van der Waals surface area contributed by atoms with Crippen molar-refractivity contribution in [2.24, 2.45) is 0 Å². The van der Waals surface area contributed by atoms with Gasteiger partial charge in [-0.25, -0.2) is 0 Å². The fourth-order valence-corrected chi connectivity index (χ4v) is 1.05. The minimum Gasteiger partial charge on any atom is -0.382 e. The Kier molecular flexibility index (Phi) is 2.76. The molecule has 0 atom stereocenters. The van der Waals surface area contributed by atoms with Gasteiger partial charge in [0.25, 0.3) is 0 Å². The first-order chi connectivity index (χ1) is 5.18. The maximum absolute atomic E-state index is 4.17. The monoisotopic (exact) mass is 168 g/mol. The van der Waals surface area contributed by atoms with Crippen molar-refractivity contribution in [1.82, 2.24) is 4.98 Å². The van der Waals surface area contributed by atoms with Gasteiger partial charge in [-0.1, -0.05) is 0 Å². The Hall–Kier alpha value is -0.700. The Bertz CT molecular complexity index is 235. The van der Waals surface area contributed by atoms with E-state index in [4.69, 9.17) is 0 Å². The highest BCUT2D eigenvalue weighted by Crippen LogP contribution is 2.11. The molecule has 0 aromatic carbocycles. The van der Waals surface area contributed by atoms with Crippen LogP contribution in [-0.2, 0) is 0 Å². The molecular formula is C8H12N2S. The summed E-state index contributed by atoms with van der Waals surface area (Å²) in [7, 11) is 0.